The van der Waals surface area contributed by atoms with Crippen molar-refractivity contribution in [3.8, 4) is 11.5 Å². The molecular formula is C22H24N2O6S. The highest BCUT2D eigenvalue weighted by molar-refractivity contribution is 7.89. The first-order valence-corrected chi connectivity index (χ1v) is 11.6. The molecule has 1 aliphatic rings. The summed E-state index contributed by atoms with van der Waals surface area (Å²) in [5.74, 6) is 0.325. The van der Waals surface area contributed by atoms with Crippen molar-refractivity contribution in [1.29, 1.82) is 0 Å². The van der Waals surface area contributed by atoms with E-state index in [0.29, 0.717) is 29.3 Å². The second-order valence-corrected chi connectivity index (χ2v) is 9.56. The van der Waals surface area contributed by atoms with E-state index < -0.39 is 16.0 Å². The zero-order valence-corrected chi connectivity index (χ0v) is 18.2. The van der Waals surface area contributed by atoms with Gasteiger partial charge in [-0.1, -0.05) is 17.6 Å². The topological polar surface area (TPSA) is 103 Å². The molecule has 0 aliphatic carbocycles. The lowest BCUT2D eigenvalue weighted by Gasteiger charge is -2.32. The van der Waals surface area contributed by atoms with Crippen LogP contribution in [0, 0.1) is 6.92 Å². The second kappa shape index (κ2) is 8.68. The van der Waals surface area contributed by atoms with Gasteiger partial charge in [0.25, 0.3) is 0 Å². The van der Waals surface area contributed by atoms with Crippen LogP contribution in [0.5, 0.6) is 0 Å². The number of piperidine rings is 1. The maximum Gasteiger partial charge on any atom is 0.338 e. The molecule has 3 heterocycles. The number of benzene rings is 1. The van der Waals surface area contributed by atoms with Crippen LogP contribution in [0.2, 0.25) is 0 Å². The number of furan rings is 1. The maximum atomic E-state index is 13.1. The van der Waals surface area contributed by atoms with Crippen molar-refractivity contribution in [2.24, 2.45) is 0 Å². The van der Waals surface area contributed by atoms with E-state index in [9.17, 15) is 13.2 Å². The third-order valence-corrected chi connectivity index (χ3v) is 7.46. The molecule has 1 aromatic carbocycles. The third kappa shape index (κ3) is 4.42. The Morgan fingerprint density at radius 3 is 2.81 bits per heavy atom. The number of esters is 1. The lowest BCUT2D eigenvalue weighted by molar-refractivity contribution is 0.0463. The summed E-state index contributed by atoms with van der Waals surface area (Å²) < 4.78 is 43.6. The Balaban J connectivity index is 1.49. The Morgan fingerprint density at radius 2 is 2.06 bits per heavy atom. The van der Waals surface area contributed by atoms with Crippen LogP contribution in [-0.2, 0) is 21.4 Å². The van der Waals surface area contributed by atoms with Gasteiger partial charge in [-0.15, -0.1) is 0 Å². The molecule has 1 aliphatic heterocycles. The molecule has 0 bridgehead atoms. The van der Waals surface area contributed by atoms with E-state index in [0.717, 1.165) is 19.3 Å². The van der Waals surface area contributed by atoms with Crippen molar-refractivity contribution in [2.45, 2.75) is 50.7 Å². The SMILES string of the molecule is Cc1ccc(S(=O)(=O)N2CCCC[C@H]2C)cc1C(=O)OCc1cc(-c2ccco2)on1. The van der Waals surface area contributed by atoms with E-state index in [1.807, 2.05) is 6.92 Å². The first-order chi connectivity index (χ1) is 14.9. The minimum Gasteiger partial charge on any atom is -0.461 e. The van der Waals surface area contributed by atoms with Gasteiger partial charge in [0.15, 0.2) is 5.76 Å². The largest absolute Gasteiger partial charge is 0.461 e. The summed E-state index contributed by atoms with van der Waals surface area (Å²) in [6, 6.07) is 9.58. The molecule has 1 atom stereocenters. The minimum absolute atomic E-state index is 0.0639. The van der Waals surface area contributed by atoms with Crippen LogP contribution in [0.4, 0.5) is 0 Å². The summed E-state index contributed by atoms with van der Waals surface area (Å²) in [6.07, 6.45) is 4.20. The van der Waals surface area contributed by atoms with Gasteiger partial charge in [0.05, 0.1) is 16.7 Å². The zero-order chi connectivity index (χ0) is 22.0. The minimum atomic E-state index is -3.69. The van der Waals surface area contributed by atoms with Gasteiger partial charge in [0, 0.05) is 18.7 Å². The quantitative estimate of drug-likeness (QED) is 0.526. The Labute approximate surface area is 180 Å². The van der Waals surface area contributed by atoms with E-state index >= 15 is 0 Å². The molecule has 1 fully saturated rings. The fraction of sp³-hybridized carbons (Fsp3) is 0.364. The highest BCUT2D eigenvalue weighted by Gasteiger charge is 2.31. The number of aromatic nitrogens is 1. The molecular weight excluding hydrogens is 420 g/mol. The summed E-state index contributed by atoms with van der Waals surface area (Å²) >= 11 is 0. The number of aryl methyl sites for hydroxylation is 1. The molecule has 4 rings (SSSR count). The van der Waals surface area contributed by atoms with E-state index in [-0.39, 0.29) is 23.1 Å². The Hall–Kier alpha value is -2.91. The standard InChI is InChI=1S/C22H24N2O6S/c1-15-8-9-18(31(26,27)24-10-4-3-6-16(24)2)13-19(15)22(25)29-14-17-12-21(30-23-17)20-7-5-11-28-20/h5,7-9,11-13,16H,3-4,6,10,14H2,1-2H3/t16-/m1/s1. The van der Waals surface area contributed by atoms with Crippen LogP contribution in [0.25, 0.3) is 11.5 Å². The van der Waals surface area contributed by atoms with Crippen LogP contribution < -0.4 is 0 Å². The van der Waals surface area contributed by atoms with Crippen molar-refractivity contribution >= 4 is 16.0 Å². The summed E-state index contributed by atoms with van der Waals surface area (Å²) in [7, 11) is -3.69. The Bertz CT molecular complexity index is 1170. The molecule has 0 radical (unpaired) electrons. The van der Waals surface area contributed by atoms with E-state index in [1.54, 1.807) is 31.2 Å². The van der Waals surface area contributed by atoms with Crippen molar-refractivity contribution in [1.82, 2.24) is 9.46 Å². The molecule has 3 aromatic rings. The van der Waals surface area contributed by atoms with Crippen molar-refractivity contribution in [2.75, 3.05) is 6.54 Å². The number of hydrogen-bond donors (Lipinski definition) is 0. The summed E-state index contributed by atoms with van der Waals surface area (Å²) in [4.78, 5) is 12.8. The van der Waals surface area contributed by atoms with Gasteiger partial charge in [0.2, 0.25) is 15.8 Å². The maximum absolute atomic E-state index is 13.1. The zero-order valence-electron chi connectivity index (χ0n) is 17.4. The van der Waals surface area contributed by atoms with Crippen LogP contribution in [0.3, 0.4) is 0 Å². The lowest BCUT2D eigenvalue weighted by Crippen LogP contribution is -2.41. The first kappa shape index (κ1) is 21.3. The molecule has 0 N–H and O–H groups in total. The third-order valence-electron chi connectivity index (χ3n) is 5.45. The van der Waals surface area contributed by atoms with Gasteiger partial charge >= 0.3 is 5.97 Å². The summed E-state index contributed by atoms with van der Waals surface area (Å²) in [5.41, 5.74) is 1.26. The number of carbonyl (C=O) groups excluding carboxylic acids is 1. The molecule has 0 unspecified atom stereocenters. The van der Waals surface area contributed by atoms with Crippen LogP contribution >= 0.6 is 0 Å². The molecule has 0 saturated carbocycles. The fourth-order valence-electron chi connectivity index (χ4n) is 3.68. The van der Waals surface area contributed by atoms with Gasteiger partial charge in [-0.25, -0.2) is 13.2 Å². The predicted molar refractivity (Wildman–Crippen MR) is 112 cm³/mol. The summed E-state index contributed by atoms with van der Waals surface area (Å²) in [6.45, 7) is 4.03. The average Bonchev–Trinajstić information content (AvgIpc) is 3.44. The van der Waals surface area contributed by atoms with Crippen LogP contribution in [-0.4, -0.2) is 36.4 Å². The average molecular weight is 445 g/mol. The number of carbonyl (C=O) groups is 1. The van der Waals surface area contributed by atoms with Crippen molar-refractivity contribution in [3.63, 3.8) is 0 Å². The number of hydrogen-bond acceptors (Lipinski definition) is 7. The van der Waals surface area contributed by atoms with Gasteiger partial charge in [-0.2, -0.15) is 4.31 Å². The Kier molecular flexibility index (Phi) is 5.97. The number of ether oxygens (including phenoxy) is 1. The van der Waals surface area contributed by atoms with Crippen molar-refractivity contribution < 1.29 is 26.9 Å². The summed E-state index contributed by atoms with van der Waals surface area (Å²) in [5, 5.41) is 3.87. The molecule has 8 nitrogen and oxygen atoms in total. The van der Waals surface area contributed by atoms with Gasteiger partial charge in [-0.3, -0.25) is 0 Å². The lowest BCUT2D eigenvalue weighted by atomic mass is 10.1. The molecule has 0 spiro atoms. The predicted octanol–water partition coefficient (Wildman–Crippen LogP) is 4.16. The molecule has 164 valence electrons. The second-order valence-electron chi connectivity index (χ2n) is 7.67. The van der Waals surface area contributed by atoms with E-state index in [2.05, 4.69) is 5.16 Å². The van der Waals surface area contributed by atoms with Gasteiger partial charge in [-0.05, 0) is 56.5 Å². The van der Waals surface area contributed by atoms with Gasteiger partial charge < -0.3 is 13.7 Å². The first-order valence-electron chi connectivity index (χ1n) is 10.2. The monoisotopic (exact) mass is 444 g/mol. The van der Waals surface area contributed by atoms with Crippen molar-refractivity contribution in [3.05, 3.63) is 59.5 Å². The molecule has 2 aromatic heterocycles. The fourth-order valence-corrected chi connectivity index (χ4v) is 5.40. The number of rotatable bonds is 6. The molecule has 1 saturated heterocycles. The highest BCUT2D eigenvalue weighted by Crippen LogP contribution is 2.27. The highest BCUT2D eigenvalue weighted by atomic mass is 32.2. The van der Waals surface area contributed by atoms with Gasteiger partial charge in [0.1, 0.15) is 12.3 Å². The Morgan fingerprint density at radius 1 is 1.23 bits per heavy atom. The normalized spacial score (nSPS) is 17.5. The number of sulfonamides is 1. The van der Waals surface area contributed by atoms with Crippen LogP contribution in [0.15, 0.2) is 56.5 Å². The van der Waals surface area contributed by atoms with E-state index in [4.69, 9.17) is 13.7 Å². The van der Waals surface area contributed by atoms with Crippen LogP contribution in [0.1, 0.15) is 47.8 Å². The molecule has 31 heavy (non-hydrogen) atoms. The number of nitrogens with zero attached hydrogens (tertiary/aromatic N) is 2. The van der Waals surface area contributed by atoms with E-state index in [1.165, 1.54) is 22.7 Å². The molecule has 9 heteroatoms. The molecule has 0 amide bonds. The smallest absolute Gasteiger partial charge is 0.338 e.